The third-order valence-corrected chi connectivity index (χ3v) is 4.63. The Morgan fingerprint density at radius 1 is 1.08 bits per heavy atom. The molecule has 0 amide bonds. The Morgan fingerprint density at radius 2 is 1.67 bits per heavy atom. The third kappa shape index (κ3) is 3.67. The molecule has 0 rings (SSSR count). The van der Waals surface area contributed by atoms with E-state index >= 15 is 0 Å². The van der Waals surface area contributed by atoms with E-state index in [4.69, 9.17) is 13.3 Å². The molecule has 0 aliphatic carbocycles. The van der Waals surface area contributed by atoms with Gasteiger partial charge in [-0.05, 0) is 6.42 Å². The van der Waals surface area contributed by atoms with E-state index in [-0.39, 0.29) is 0 Å². The molecular formula is C8H20O3Si. The summed E-state index contributed by atoms with van der Waals surface area (Å²) in [5.74, 6) is 0. The van der Waals surface area contributed by atoms with Crippen molar-refractivity contribution in [3.8, 4) is 0 Å². The van der Waals surface area contributed by atoms with Crippen LogP contribution in [-0.4, -0.2) is 29.6 Å². The Bertz CT molecular complexity index is 96.2. The number of hydrogen-bond donors (Lipinski definition) is 0. The van der Waals surface area contributed by atoms with Crippen molar-refractivity contribution in [2.45, 2.75) is 32.7 Å². The molecule has 0 radical (unpaired) electrons. The molecule has 4 heteroatoms. The molecule has 0 aromatic heterocycles. The van der Waals surface area contributed by atoms with E-state index in [9.17, 15) is 0 Å². The zero-order valence-corrected chi connectivity index (χ0v) is 9.55. The molecule has 0 N–H and O–H groups in total. The van der Waals surface area contributed by atoms with Gasteiger partial charge in [-0.25, -0.2) is 0 Å². The van der Waals surface area contributed by atoms with Gasteiger partial charge in [0.1, 0.15) is 0 Å². The molecule has 0 saturated carbocycles. The first-order valence-corrected chi connectivity index (χ1v) is 6.42. The Balaban J connectivity index is 3.76. The van der Waals surface area contributed by atoms with Crippen LogP contribution in [0.4, 0.5) is 0 Å². The topological polar surface area (TPSA) is 27.7 Å². The third-order valence-electron chi connectivity index (χ3n) is 1.87. The molecule has 0 aromatic rings. The molecule has 74 valence electrons. The SMILES string of the molecule is CCCCO[Si](CC)(OC)OC. The van der Waals surface area contributed by atoms with Gasteiger partial charge in [-0.15, -0.1) is 0 Å². The molecule has 0 fully saturated rings. The first kappa shape index (κ1) is 12.1. The van der Waals surface area contributed by atoms with Gasteiger partial charge in [0.15, 0.2) is 0 Å². The summed E-state index contributed by atoms with van der Waals surface area (Å²) in [5.41, 5.74) is 0. The van der Waals surface area contributed by atoms with Gasteiger partial charge in [-0.1, -0.05) is 20.3 Å². The molecule has 0 atom stereocenters. The highest BCUT2D eigenvalue weighted by Crippen LogP contribution is 2.13. The van der Waals surface area contributed by atoms with E-state index in [1.807, 2.05) is 6.92 Å². The first-order chi connectivity index (χ1) is 5.74. The predicted octanol–water partition coefficient (Wildman–Crippen LogP) is 2.05. The summed E-state index contributed by atoms with van der Waals surface area (Å²) in [5, 5.41) is 0. The summed E-state index contributed by atoms with van der Waals surface area (Å²) in [6.07, 6.45) is 2.21. The fourth-order valence-corrected chi connectivity index (χ4v) is 2.60. The molecule has 0 unspecified atom stereocenters. The van der Waals surface area contributed by atoms with Gasteiger partial charge >= 0.3 is 8.80 Å². The summed E-state index contributed by atoms with van der Waals surface area (Å²) in [7, 11) is 1.06. The van der Waals surface area contributed by atoms with Gasteiger partial charge < -0.3 is 13.3 Å². The average Bonchev–Trinajstić information content (AvgIpc) is 2.14. The minimum absolute atomic E-state index is 0.748. The molecular weight excluding hydrogens is 172 g/mol. The van der Waals surface area contributed by atoms with E-state index < -0.39 is 8.80 Å². The summed E-state index contributed by atoms with van der Waals surface area (Å²) < 4.78 is 16.2. The van der Waals surface area contributed by atoms with Crippen molar-refractivity contribution in [2.24, 2.45) is 0 Å². The van der Waals surface area contributed by atoms with Crippen molar-refractivity contribution in [2.75, 3.05) is 20.8 Å². The lowest BCUT2D eigenvalue weighted by Crippen LogP contribution is -2.43. The zero-order valence-electron chi connectivity index (χ0n) is 8.55. The van der Waals surface area contributed by atoms with Gasteiger partial charge in [0, 0.05) is 26.9 Å². The van der Waals surface area contributed by atoms with E-state index in [0.29, 0.717) is 0 Å². The quantitative estimate of drug-likeness (QED) is 0.456. The summed E-state index contributed by atoms with van der Waals surface area (Å²) in [4.78, 5) is 0. The highest BCUT2D eigenvalue weighted by Gasteiger charge is 2.36. The normalized spacial score (nSPS) is 12.0. The maximum atomic E-state index is 5.61. The standard InChI is InChI=1S/C8H20O3Si/c1-5-7-8-11-12(6-2,9-3)10-4/h5-8H2,1-4H3. The highest BCUT2D eigenvalue weighted by atomic mass is 28.4. The summed E-state index contributed by atoms with van der Waals surface area (Å²) in [6.45, 7) is 4.92. The van der Waals surface area contributed by atoms with Crippen LogP contribution >= 0.6 is 0 Å². The van der Waals surface area contributed by atoms with Gasteiger partial charge in [-0.3, -0.25) is 0 Å². The van der Waals surface area contributed by atoms with Crippen LogP contribution < -0.4 is 0 Å². The van der Waals surface area contributed by atoms with Crippen LogP contribution in [0.15, 0.2) is 0 Å². The van der Waals surface area contributed by atoms with Crippen molar-refractivity contribution in [1.82, 2.24) is 0 Å². The molecule has 0 bridgehead atoms. The molecule has 12 heavy (non-hydrogen) atoms. The maximum absolute atomic E-state index is 5.61. The van der Waals surface area contributed by atoms with Crippen LogP contribution in [0.2, 0.25) is 6.04 Å². The summed E-state index contributed by atoms with van der Waals surface area (Å²) >= 11 is 0. The predicted molar refractivity (Wildman–Crippen MR) is 51.1 cm³/mol. The molecule has 0 aliphatic rings. The van der Waals surface area contributed by atoms with Crippen molar-refractivity contribution in [1.29, 1.82) is 0 Å². The average molecular weight is 192 g/mol. The van der Waals surface area contributed by atoms with E-state index in [1.165, 1.54) is 0 Å². The van der Waals surface area contributed by atoms with Gasteiger partial charge in [0.25, 0.3) is 0 Å². The molecule has 0 spiro atoms. The van der Waals surface area contributed by atoms with Crippen LogP contribution in [0.1, 0.15) is 26.7 Å². The second kappa shape index (κ2) is 6.60. The lowest BCUT2D eigenvalue weighted by Gasteiger charge is -2.24. The molecule has 0 saturated heterocycles. The summed E-state index contributed by atoms with van der Waals surface area (Å²) in [6, 6.07) is 0.837. The van der Waals surface area contributed by atoms with Crippen molar-refractivity contribution >= 4 is 8.80 Å². The Hall–Kier alpha value is 0.0969. The number of rotatable bonds is 7. The lowest BCUT2D eigenvalue weighted by molar-refractivity contribution is 0.0982. The van der Waals surface area contributed by atoms with Crippen LogP contribution in [0.3, 0.4) is 0 Å². The minimum Gasteiger partial charge on any atom is -0.377 e. The molecule has 0 aromatic carbocycles. The Labute approximate surface area is 76.4 Å². The molecule has 3 nitrogen and oxygen atoms in total. The second-order valence-corrected chi connectivity index (χ2v) is 5.83. The fourth-order valence-electron chi connectivity index (χ4n) is 0.964. The Kier molecular flexibility index (Phi) is 6.65. The maximum Gasteiger partial charge on any atom is 0.500 e. The van der Waals surface area contributed by atoms with Gasteiger partial charge in [0.2, 0.25) is 0 Å². The second-order valence-electron chi connectivity index (χ2n) is 2.65. The van der Waals surface area contributed by atoms with E-state index in [0.717, 1.165) is 25.5 Å². The number of unbranched alkanes of at least 4 members (excludes halogenated alkanes) is 1. The van der Waals surface area contributed by atoms with Crippen LogP contribution in [0, 0.1) is 0 Å². The Morgan fingerprint density at radius 3 is 2.00 bits per heavy atom. The van der Waals surface area contributed by atoms with Crippen molar-refractivity contribution in [3.05, 3.63) is 0 Å². The van der Waals surface area contributed by atoms with Gasteiger partial charge in [-0.2, -0.15) is 0 Å². The van der Waals surface area contributed by atoms with Crippen molar-refractivity contribution < 1.29 is 13.3 Å². The lowest BCUT2D eigenvalue weighted by atomic mass is 10.4. The van der Waals surface area contributed by atoms with Crippen LogP contribution in [-0.2, 0) is 13.3 Å². The van der Waals surface area contributed by atoms with Crippen LogP contribution in [0.25, 0.3) is 0 Å². The minimum atomic E-state index is -2.25. The molecule has 0 aliphatic heterocycles. The molecule has 0 heterocycles. The van der Waals surface area contributed by atoms with E-state index in [1.54, 1.807) is 14.2 Å². The monoisotopic (exact) mass is 192 g/mol. The number of hydrogen-bond acceptors (Lipinski definition) is 3. The first-order valence-electron chi connectivity index (χ1n) is 4.49. The van der Waals surface area contributed by atoms with Gasteiger partial charge in [0.05, 0.1) is 0 Å². The van der Waals surface area contributed by atoms with Crippen LogP contribution in [0.5, 0.6) is 0 Å². The highest BCUT2D eigenvalue weighted by molar-refractivity contribution is 6.60. The zero-order chi connectivity index (χ0) is 9.45. The largest absolute Gasteiger partial charge is 0.500 e. The van der Waals surface area contributed by atoms with E-state index in [2.05, 4.69) is 6.92 Å². The smallest absolute Gasteiger partial charge is 0.377 e. The fraction of sp³-hybridized carbons (Fsp3) is 1.00. The van der Waals surface area contributed by atoms with Crippen molar-refractivity contribution in [3.63, 3.8) is 0 Å².